The highest BCUT2D eigenvalue weighted by molar-refractivity contribution is 6.30. The molecular formula is C20H17ClN4O2. The van der Waals surface area contributed by atoms with Crippen molar-refractivity contribution in [2.24, 2.45) is 0 Å². The average molecular weight is 381 g/mol. The van der Waals surface area contributed by atoms with E-state index in [0.717, 1.165) is 11.3 Å². The zero-order valence-electron chi connectivity index (χ0n) is 14.8. The predicted octanol–water partition coefficient (Wildman–Crippen LogP) is 4.64. The molecule has 7 heteroatoms. The Kier molecular flexibility index (Phi) is 5.47. The molecule has 2 aromatic carbocycles. The maximum absolute atomic E-state index is 12.3. The van der Waals surface area contributed by atoms with Crippen molar-refractivity contribution in [3.63, 3.8) is 0 Å². The smallest absolute Gasteiger partial charge is 0.258 e. The number of rotatable bonds is 5. The maximum Gasteiger partial charge on any atom is 0.258 e. The number of aryl methyl sites for hydroxylation is 1. The maximum atomic E-state index is 12.3. The molecule has 0 atom stereocenters. The fourth-order valence-corrected chi connectivity index (χ4v) is 2.52. The Hall–Kier alpha value is -3.25. The van der Waals surface area contributed by atoms with Crippen molar-refractivity contribution in [3.05, 3.63) is 76.6 Å². The molecule has 136 valence electrons. The van der Waals surface area contributed by atoms with E-state index >= 15 is 0 Å². The molecule has 0 bridgehead atoms. The van der Waals surface area contributed by atoms with Crippen LogP contribution in [-0.4, -0.2) is 21.7 Å². The lowest BCUT2D eigenvalue weighted by Gasteiger charge is -2.09. The molecule has 6 nitrogen and oxygen atoms in total. The van der Waals surface area contributed by atoms with Crippen LogP contribution in [0.2, 0.25) is 5.02 Å². The lowest BCUT2D eigenvalue weighted by molar-refractivity contribution is 0.101. The molecule has 0 fully saturated rings. The monoisotopic (exact) mass is 380 g/mol. The van der Waals surface area contributed by atoms with E-state index in [0.29, 0.717) is 27.8 Å². The van der Waals surface area contributed by atoms with Crippen LogP contribution < -0.4 is 10.6 Å². The molecule has 27 heavy (non-hydrogen) atoms. The lowest BCUT2D eigenvalue weighted by atomic mass is 10.1. The molecule has 0 aliphatic carbocycles. The molecule has 2 N–H and O–H groups in total. The van der Waals surface area contributed by atoms with Gasteiger partial charge in [-0.2, -0.15) is 0 Å². The van der Waals surface area contributed by atoms with E-state index in [-0.39, 0.29) is 11.7 Å². The lowest BCUT2D eigenvalue weighted by Crippen LogP contribution is -2.13. The standard InChI is InChI=1S/C20H17ClN4O2/c1-12-3-6-16(21)9-18(12)25-20-22-10-15(11-23-20)19(27)24-17-7-4-14(5-8-17)13(2)26/h3-11H,1-2H3,(H,24,27)(H,22,23,25). The van der Waals surface area contributed by atoms with Gasteiger partial charge in [-0.25, -0.2) is 9.97 Å². The summed E-state index contributed by atoms with van der Waals surface area (Å²) in [6.45, 7) is 3.43. The van der Waals surface area contributed by atoms with Crippen LogP contribution in [0.1, 0.15) is 33.2 Å². The quantitative estimate of drug-likeness (QED) is 0.630. The van der Waals surface area contributed by atoms with Gasteiger partial charge in [0.25, 0.3) is 5.91 Å². The van der Waals surface area contributed by atoms with Gasteiger partial charge < -0.3 is 10.6 Å². The molecule has 1 aromatic heterocycles. The molecule has 0 aliphatic rings. The number of nitrogens with zero attached hydrogens (tertiary/aromatic N) is 2. The summed E-state index contributed by atoms with van der Waals surface area (Å²) in [5, 5.41) is 6.42. The van der Waals surface area contributed by atoms with Crippen molar-refractivity contribution in [1.82, 2.24) is 9.97 Å². The van der Waals surface area contributed by atoms with E-state index in [2.05, 4.69) is 20.6 Å². The molecule has 1 amide bonds. The molecular weight excluding hydrogens is 364 g/mol. The van der Waals surface area contributed by atoms with Crippen LogP contribution >= 0.6 is 11.6 Å². The molecule has 0 saturated heterocycles. The van der Waals surface area contributed by atoms with Gasteiger partial charge in [-0.1, -0.05) is 17.7 Å². The molecule has 1 heterocycles. The van der Waals surface area contributed by atoms with Gasteiger partial charge in [0.15, 0.2) is 5.78 Å². The Morgan fingerprint density at radius 3 is 2.26 bits per heavy atom. The van der Waals surface area contributed by atoms with Crippen molar-refractivity contribution in [2.45, 2.75) is 13.8 Å². The number of hydrogen-bond acceptors (Lipinski definition) is 5. The number of halogens is 1. The highest BCUT2D eigenvalue weighted by atomic mass is 35.5. The molecule has 3 rings (SSSR count). The van der Waals surface area contributed by atoms with E-state index in [9.17, 15) is 9.59 Å². The summed E-state index contributed by atoms with van der Waals surface area (Å²) in [7, 11) is 0. The van der Waals surface area contributed by atoms with Crippen molar-refractivity contribution in [1.29, 1.82) is 0 Å². The van der Waals surface area contributed by atoms with Crippen LogP contribution in [0.25, 0.3) is 0 Å². The van der Waals surface area contributed by atoms with Gasteiger partial charge in [-0.05, 0) is 55.8 Å². The van der Waals surface area contributed by atoms with Crippen LogP contribution in [0, 0.1) is 6.92 Å². The summed E-state index contributed by atoms with van der Waals surface area (Å²) in [5.74, 6) is -0.00176. The fourth-order valence-electron chi connectivity index (χ4n) is 2.35. The molecule has 0 radical (unpaired) electrons. The highest BCUT2D eigenvalue weighted by Gasteiger charge is 2.09. The van der Waals surface area contributed by atoms with Crippen LogP contribution in [0.5, 0.6) is 0 Å². The van der Waals surface area contributed by atoms with E-state index in [1.54, 1.807) is 36.4 Å². The van der Waals surface area contributed by atoms with Gasteiger partial charge in [0.05, 0.1) is 5.56 Å². The minimum absolute atomic E-state index is 0.0284. The summed E-state index contributed by atoms with van der Waals surface area (Å²) in [4.78, 5) is 31.9. The first-order chi connectivity index (χ1) is 12.9. The minimum atomic E-state index is -0.337. The number of aromatic nitrogens is 2. The van der Waals surface area contributed by atoms with Crippen LogP contribution in [-0.2, 0) is 0 Å². The number of Topliss-reactive ketones (excluding diaryl/α,β-unsaturated/α-hetero) is 1. The third-order valence-electron chi connectivity index (χ3n) is 3.91. The van der Waals surface area contributed by atoms with Gasteiger partial charge in [-0.3, -0.25) is 9.59 Å². The van der Waals surface area contributed by atoms with Crippen molar-refractivity contribution < 1.29 is 9.59 Å². The molecule has 0 unspecified atom stereocenters. The number of carbonyl (C=O) groups excluding carboxylic acids is 2. The van der Waals surface area contributed by atoms with E-state index in [1.807, 2.05) is 13.0 Å². The molecule has 3 aromatic rings. The zero-order valence-corrected chi connectivity index (χ0v) is 15.5. The van der Waals surface area contributed by atoms with Crippen LogP contribution in [0.3, 0.4) is 0 Å². The number of ketones is 1. The number of anilines is 3. The van der Waals surface area contributed by atoms with Crippen molar-refractivity contribution >= 4 is 40.6 Å². The third kappa shape index (κ3) is 4.68. The highest BCUT2D eigenvalue weighted by Crippen LogP contribution is 2.22. The Bertz CT molecular complexity index is 986. The van der Waals surface area contributed by atoms with Crippen LogP contribution in [0.15, 0.2) is 54.9 Å². The molecule has 0 spiro atoms. The van der Waals surface area contributed by atoms with E-state index in [1.165, 1.54) is 19.3 Å². The van der Waals surface area contributed by atoms with Crippen LogP contribution in [0.4, 0.5) is 17.3 Å². The predicted molar refractivity (Wildman–Crippen MR) is 106 cm³/mol. The summed E-state index contributed by atoms with van der Waals surface area (Å²) in [6.07, 6.45) is 2.88. The normalized spacial score (nSPS) is 10.3. The molecule has 0 saturated carbocycles. The SMILES string of the molecule is CC(=O)c1ccc(NC(=O)c2cnc(Nc3cc(Cl)ccc3C)nc2)cc1. The van der Waals surface area contributed by atoms with Gasteiger partial charge in [0, 0.05) is 34.4 Å². The number of amides is 1. The summed E-state index contributed by atoms with van der Waals surface area (Å²) in [6, 6.07) is 12.2. The van der Waals surface area contributed by atoms with Gasteiger partial charge in [-0.15, -0.1) is 0 Å². The Morgan fingerprint density at radius 2 is 1.63 bits per heavy atom. The van der Waals surface area contributed by atoms with E-state index < -0.39 is 0 Å². The second kappa shape index (κ2) is 7.97. The van der Waals surface area contributed by atoms with Gasteiger partial charge in [0.1, 0.15) is 0 Å². The largest absolute Gasteiger partial charge is 0.324 e. The zero-order chi connectivity index (χ0) is 19.4. The number of benzene rings is 2. The first kappa shape index (κ1) is 18.5. The summed E-state index contributed by atoms with van der Waals surface area (Å²) >= 11 is 6.00. The number of carbonyl (C=O) groups is 2. The number of nitrogens with one attached hydrogen (secondary N) is 2. The fraction of sp³-hybridized carbons (Fsp3) is 0.100. The first-order valence-electron chi connectivity index (χ1n) is 8.20. The Labute approximate surface area is 161 Å². The van der Waals surface area contributed by atoms with Gasteiger partial charge >= 0.3 is 0 Å². The topological polar surface area (TPSA) is 84.0 Å². The first-order valence-corrected chi connectivity index (χ1v) is 8.58. The Morgan fingerprint density at radius 1 is 0.963 bits per heavy atom. The number of hydrogen-bond donors (Lipinski definition) is 2. The van der Waals surface area contributed by atoms with Gasteiger partial charge in [0.2, 0.25) is 5.95 Å². The molecule has 0 aliphatic heterocycles. The summed E-state index contributed by atoms with van der Waals surface area (Å²) in [5.41, 5.74) is 3.29. The third-order valence-corrected chi connectivity index (χ3v) is 4.14. The minimum Gasteiger partial charge on any atom is -0.324 e. The average Bonchev–Trinajstić information content (AvgIpc) is 2.65. The second-order valence-electron chi connectivity index (χ2n) is 5.97. The Balaban J connectivity index is 1.68. The van der Waals surface area contributed by atoms with E-state index in [4.69, 9.17) is 11.6 Å². The van der Waals surface area contributed by atoms with Crippen molar-refractivity contribution in [3.8, 4) is 0 Å². The van der Waals surface area contributed by atoms with Crippen molar-refractivity contribution in [2.75, 3.05) is 10.6 Å². The second-order valence-corrected chi connectivity index (χ2v) is 6.40. The summed E-state index contributed by atoms with van der Waals surface area (Å²) < 4.78 is 0.